The number of esters is 2. The number of ether oxygens (including phenoxy) is 2. The van der Waals surface area contributed by atoms with Crippen molar-refractivity contribution < 1.29 is 58.0 Å². The monoisotopic (exact) mass is 984 g/mol. The number of aliphatic imine (C=N–C) groups is 1. The molecule has 4 rings (SSSR count). The third kappa shape index (κ3) is 15.2. The number of aliphatic carboxylic acids is 1. The number of nitrogens with zero attached hydrogens (tertiary/aromatic N) is 2. The third-order valence-electron chi connectivity index (χ3n) is 13.9. The first-order valence-electron chi connectivity index (χ1n) is 24.2. The molecule has 1 aromatic rings. The quantitative estimate of drug-likeness (QED) is 0.177. The molecular weight excluding hydrogens is 898 g/mol. The summed E-state index contributed by atoms with van der Waals surface area (Å²) in [4.78, 5) is 75.2. The predicted octanol–water partition coefficient (Wildman–Crippen LogP) is 11.8. The Kier molecular flexibility index (Phi) is 19.6. The van der Waals surface area contributed by atoms with Gasteiger partial charge in [-0.05, 0) is 108 Å². The van der Waals surface area contributed by atoms with Gasteiger partial charge in [0.15, 0.2) is 0 Å². The number of carbonyl (C=O) groups is 5. The van der Waals surface area contributed by atoms with Crippen molar-refractivity contribution in [2.24, 2.45) is 73.5 Å². The van der Waals surface area contributed by atoms with Gasteiger partial charge in [0.25, 0.3) is 5.97 Å². The number of hydrogen-bond acceptors (Lipinski definition) is 8. The summed E-state index contributed by atoms with van der Waals surface area (Å²) in [5, 5.41) is 13.3. The first kappa shape index (κ1) is 59.5. The molecule has 0 bridgehead atoms. The van der Waals surface area contributed by atoms with Crippen molar-refractivity contribution in [2.75, 3.05) is 5.32 Å². The molecular formula is C54H87N4O8Zn-. The standard InChI is InChI=1S/C52H84N4O6.C2H4O2.Zn/c1-27(2)32-22-28(3)23-33(48(7,8)9)40(32)61-44(57)38-30(5)36(53-42(38)55-46(59)51(16,17)18)26-37-31(6)39(43(54-37)56-47(60)52(19,20)21)45(58)62-41-34(49(10,11)12)24-29(4)25-35(41)50(13,14)15;1-2(3)4;/h26-29,32-35,40-41H,22-25H2,1-21H3,(H3,53,54,55,56,57,58,59,60);1H3,(H,3,4);/p-1. The van der Waals surface area contributed by atoms with Gasteiger partial charge >= 0.3 is 11.9 Å². The minimum absolute atomic E-state index is 0. The fourth-order valence-electron chi connectivity index (χ4n) is 9.78. The SMILES string of the molecule is CC(=O)O.CC1=C(C(=O)OC2C(C(C)(C)C)CC(C)CC2C(C)(C)C)C(NC(=O)C(C)(C)C)=NC1=Cc1[n-]c(NC(=O)C(C)(C)C)c(C(=O)OC2C(C(C)C)CC(C)CC2C(C)(C)C)c1C.[Zn]. The average Bonchev–Trinajstić information content (AvgIpc) is 3.60. The maximum atomic E-state index is 14.7. The molecule has 2 heterocycles. The second kappa shape index (κ2) is 22.0. The zero-order valence-corrected chi connectivity index (χ0v) is 48.5. The molecule has 2 amide bonds. The number of carboxylic acid groups (broad SMARTS) is 1. The molecule has 13 heteroatoms. The van der Waals surface area contributed by atoms with Crippen molar-refractivity contribution in [2.45, 2.75) is 190 Å². The van der Waals surface area contributed by atoms with Crippen molar-refractivity contribution in [3.8, 4) is 0 Å². The van der Waals surface area contributed by atoms with Gasteiger partial charge in [-0.25, -0.2) is 14.6 Å². The Morgan fingerprint density at radius 1 is 0.687 bits per heavy atom. The second-order valence-corrected chi connectivity index (χ2v) is 25.5. The van der Waals surface area contributed by atoms with E-state index in [2.05, 4.69) is 101 Å². The number of hydrogen-bond donors (Lipinski definition) is 3. The van der Waals surface area contributed by atoms with Crippen LogP contribution in [0.5, 0.6) is 0 Å². The molecule has 6 atom stereocenters. The van der Waals surface area contributed by atoms with Crippen molar-refractivity contribution in [3.63, 3.8) is 0 Å². The zero-order chi connectivity index (χ0) is 51.0. The van der Waals surface area contributed by atoms with E-state index in [1.165, 1.54) is 0 Å². The van der Waals surface area contributed by atoms with Crippen LogP contribution in [0.3, 0.4) is 0 Å². The number of aromatic nitrogens is 1. The molecule has 0 saturated heterocycles. The van der Waals surface area contributed by atoms with E-state index in [9.17, 15) is 19.2 Å². The summed E-state index contributed by atoms with van der Waals surface area (Å²) in [7, 11) is 0. The minimum atomic E-state index is -0.833. The summed E-state index contributed by atoms with van der Waals surface area (Å²) >= 11 is 0. The van der Waals surface area contributed by atoms with Crippen molar-refractivity contribution >= 4 is 47.5 Å². The molecule has 3 aliphatic rings. The number of carbonyl (C=O) groups excluding carboxylic acids is 4. The molecule has 1 aliphatic heterocycles. The van der Waals surface area contributed by atoms with Crippen LogP contribution in [0.4, 0.5) is 5.82 Å². The molecule has 374 valence electrons. The van der Waals surface area contributed by atoms with Crippen LogP contribution in [0.15, 0.2) is 21.8 Å². The number of rotatable bonds is 7. The first-order chi connectivity index (χ1) is 29.8. The van der Waals surface area contributed by atoms with Crippen LogP contribution < -0.4 is 15.6 Å². The Bertz CT molecular complexity index is 2050. The Balaban J connectivity index is 0.00000296. The summed E-state index contributed by atoms with van der Waals surface area (Å²) in [6, 6.07) is 0. The summed E-state index contributed by atoms with van der Waals surface area (Å²) in [5.74, 6) is -0.457. The van der Waals surface area contributed by atoms with Crippen LogP contribution in [0.1, 0.15) is 193 Å². The first-order valence-corrected chi connectivity index (χ1v) is 24.2. The largest absolute Gasteiger partial charge is 0.481 e. The summed E-state index contributed by atoms with van der Waals surface area (Å²) < 4.78 is 13.3. The van der Waals surface area contributed by atoms with Crippen LogP contribution in [0, 0.1) is 75.4 Å². The van der Waals surface area contributed by atoms with Gasteiger partial charge in [-0.3, -0.25) is 14.4 Å². The molecule has 2 fully saturated rings. The smallest absolute Gasteiger partial charge is 0.342 e. The number of amidine groups is 1. The van der Waals surface area contributed by atoms with Crippen molar-refractivity contribution in [1.29, 1.82) is 0 Å². The molecule has 0 aromatic carbocycles. The molecule has 0 spiro atoms. The third-order valence-corrected chi connectivity index (χ3v) is 13.9. The van der Waals surface area contributed by atoms with Gasteiger partial charge in [-0.2, -0.15) is 0 Å². The summed E-state index contributed by atoms with van der Waals surface area (Å²) in [5.41, 5.74) is 0.298. The average molecular weight is 986 g/mol. The van der Waals surface area contributed by atoms with E-state index in [-0.39, 0.29) is 106 Å². The zero-order valence-electron chi connectivity index (χ0n) is 45.5. The van der Waals surface area contributed by atoms with Gasteiger partial charge in [0, 0.05) is 55.0 Å². The van der Waals surface area contributed by atoms with Gasteiger partial charge in [0.05, 0.1) is 11.3 Å². The Labute approximate surface area is 416 Å². The Hall–Kier alpha value is -3.60. The topological polar surface area (TPSA) is 175 Å². The van der Waals surface area contributed by atoms with Crippen molar-refractivity contribution in [1.82, 2.24) is 10.3 Å². The van der Waals surface area contributed by atoms with Crippen LogP contribution in [0.25, 0.3) is 6.08 Å². The van der Waals surface area contributed by atoms with Crippen LogP contribution >= 0.6 is 0 Å². The second-order valence-electron chi connectivity index (χ2n) is 25.5. The maximum absolute atomic E-state index is 14.7. The van der Waals surface area contributed by atoms with E-state index in [1.807, 2.05) is 0 Å². The molecule has 12 nitrogen and oxygen atoms in total. The minimum Gasteiger partial charge on any atom is -0.481 e. The Morgan fingerprint density at radius 2 is 1.09 bits per heavy atom. The Morgan fingerprint density at radius 3 is 1.51 bits per heavy atom. The van der Waals surface area contributed by atoms with Gasteiger partial charge in [-0.15, -0.1) is 0 Å². The van der Waals surface area contributed by atoms with Crippen LogP contribution in [-0.4, -0.2) is 52.9 Å². The number of nitrogens with one attached hydrogen (secondary N) is 2. The maximum Gasteiger partial charge on any atom is 0.342 e. The molecule has 2 saturated carbocycles. The van der Waals surface area contributed by atoms with E-state index in [1.54, 1.807) is 61.5 Å². The van der Waals surface area contributed by atoms with E-state index in [0.29, 0.717) is 40.3 Å². The molecule has 1 aromatic heterocycles. The van der Waals surface area contributed by atoms with E-state index in [0.717, 1.165) is 32.6 Å². The molecule has 0 radical (unpaired) electrons. The van der Waals surface area contributed by atoms with E-state index in [4.69, 9.17) is 29.4 Å². The molecule has 2 aliphatic carbocycles. The number of anilines is 1. The fraction of sp³-hybridized carbons (Fsp3) is 0.741. The molecule has 3 N–H and O–H groups in total. The number of carboxylic acids is 1. The van der Waals surface area contributed by atoms with E-state index >= 15 is 0 Å². The summed E-state index contributed by atoms with van der Waals surface area (Å²) in [6.07, 6.45) is 4.83. The van der Waals surface area contributed by atoms with Gasteiger partial charge in [0.2, 0.25) is 5.91 Å². The molecule has 67 heavy (non-hydrogen) atoms. The number of allylic oxidation sites excluding steroid dienone is 1. The predicted molar refractivity (Wildman–Crippen MR) is 265 cm³/mol. The normalized spacial score (nSPS) is 25.7. The van der Waals surface area contributed by atoms with Gasteiger partial charge < -0.3 is 30.2 Å². The van der Waals surface area contributed by atoms with Crippen LogP contribution in [-0.2, 0) is 48.1 Å². The molecule has 6 unspecified atom stereocenters. The van der Waals surface area contributed by atoms with Gasteiger partial charge in [-0.1, -0.05) is 132 Å². The summed E-state index contributed by atoms with van der Waals surface area (Å²) in [6.45, 7) is 44.4. The van der Waals surface area contributed by atoms with Crippen molar-refractivity contribution in [3.05, 3.63) is 33.7 Å². The van der Waals surface area contributed by atoms with Crippen LogP contribution in [0.2, 0.25) is 0 Å². The van der Waals surface area contributed by atoms with E-state index < -0.39 is 28.7 Å². The fourth-order valence-corrected chi connectivity index (χ4v) is 9.78. The number of amides is 2. The van der Waals surface area contributed by atoms with Gasteiger partial charge in [0.1, 0.15) is 29.5 Å².